The summed E-state index contributed by atoms with van der Waals surface area (Å²) in [5.74, 6) is 2.08. The Kier molecular flexibility index (Phi) is 4.72. The van der Waals surface area contributed by atoms with Crippen molar-refractivity contribution in [2.45, 2.75) is 10.8 Å². The quantitative estimate of drug-likeness (QED) is 0.320. The Balaban J connectivity index is 1.51. The van der Waals surface area contributed by atoms with E-state index in [2.05, 4.69) is 15.5 Å². The van der Waals surface area contributed by atoms with E-state index in [9.17, 15) is 0 Å². The number of aromatic nitrogens is 6. The zero-order valence-electron chi connectivity index (χ0n) is 15.4. The predicted molar refractivity (Wildman–Crippen MR) is 114 cm³/mol. The summed E-state index contributed by atoms with van der Waals surface area (Å²) in [5.41, 5.74) is 2.85. The molecule has 7 heteroatoms. The molecular formula is C22H16N6S. The maximum absolute atomic E-state index is 4.85. The minimum Gasteiger partial charge on any atom is -0.228 e. The van der Waals surface area contributed by atoms with Crippen molar-refractivity contribution in [3.05, 3.63) is 90.8 Å². The average molecular weight is 396 g/mol. The normalized spacial score (nSPS) is 11.0. The number of fused-ring (bicyclic) bond motifs is 1. The summed E-state index contributed by atoms with van der Waals surface area (Å²) >= 11 is 1.61. The van der Waals surface area contributed by atoms with Crippen LogP contribution in [0.4, 0.5) is 0 Å². The molecule has 140 valence electrons. The largest absolute Gasteiger partial charge is 0.228 e. The standard InChI is InChI=1S/C22H16N6S/c1-3-9-16(10-4-1)21-23-19-14-8-7-13-18(19)22(24-21)29-15-20-25-26-27-28(20)17-11-5-2-6-12-17/h1-14H,15H2. The van der Waals surface area contributed by atoms with E-state index >= 15 is 0 Å². The SMILES string of the molecule is c1ccc(-c2nc(SCc3nnnn3-c3ccccc3)c3ccccc3n2)cc1. The van der Waals surface area contributed by atoms with Crippen molar-refractivity contribution in [2.24, 2.45) is 0 Å². The molecule has 0 saturated carbocycles. The first kappa shape index (κ1) is 17.5. The third-order valence-corrected chi connectivity index (χ3v) is 5.46. The molecule has 29 heavy (non-hydrogen) atoms. The second-order valence-corrected chi connectivity index (χ2v) is 7.33. The maximum atomic E-state index is 4.85. The Hall–Kier alpha value is -3.58. The lowest BCUT2D eigenvalue weighted by Crippen LogP contribution is -2.02. The van der Waals surface area contributed by atoms with Crippen molar-refractivity contribution in [3.63, 3.8) is 0 Å². The highest BCUT2D eigenvalue weighted by Gasteiger charge is 2.13. The van der Waals surface area contributed by atoms with E-state index in [4.69, 9.17) is 9.97 Å². The Morgan fingerprint density at radius 1 is 0.759 bits per heavy atom. The van der Waals surface area contributed by atoms with Crippen molar-refractivity contribution < 1.29 is 0 Å². The molecular weight excluding hydrogens is 380 g/mol. The monoisotopic (exact) mass is 396 g/mol. The van der Waals surface area contributed by atoms with Gasteiger partial charge in [-0.05, 0) is 28.6 Å². The van der Waals surface area contributed by atoms with Gasteiger partial charge in [-0.2, -0.15) is 4.68 Å². The van der Waals surface area contributed by atoms with Crippen molar-refractivity contribution >= 4 is 22.7 Å². The Morgan fingerprint density at radius 3 is 2.31 bits per heavy atom. The first-order chi connectivity index (χ1) is 14.4. The summed E-state index contributed by atoms with van der Waals surface area (Å²) in [5, 5.41) is 14.1. The molecule has 2 heterocycles. The van der Waals surface area contributed by atoms with Gasteiger partial charge in [0.05, 0.1) is 17.0 Å². The van der Waals surface area contributed by atoms with Gasteiger partial charge >= 0.3 is 0 Å². The molecule has 0 aliphatic rings. The van der Waals surface area contributed by atoms with Gasteiger partial charge < -0.3 is 0 Å². The molecule has 0 bridgehead atoms. The van der Waals surface area contributed by atoms with Crippen molar-refractivity contribution in [1.82, 2.24) is 30.2 Å². The van der Waals surface area contributed by atoms with E-state index in [-0.39, 0.29) is 0 Å². The second-order valence-electron chi connectivity index (χ2n) is 6.37. The number of hydrogen-bond donors (Lipinski definition) is 0. The van der Waals surface area contributed by atoms with Gasteiger partial charge in [-0.25, -0.2) is 9.97 Å². The molecule has 6 nitrogen and oxygen atoms in total. The minimum atomic E-state index is 0.594. The number of rotatable bonds is 5. The number of para-hydroxylation sites is 2. The lowest BCUT2D eigenvalue weighted by Gasteiger charge is -2.09. The number of thioether (sulfide) groups is 1. The summed E-state index contributed by atoms with van der Waals surface area (Å²) < 4.78 is 1.76. The molecule has 0 atom stereocenters. The molecule has 0 spiro atoms. The van der Waals surface area contributed by atoms with Crippen LogP contribution in [0.5, 0.6) is 0 Å². The van der Waals surface area contributed by atoms with Gasteiger partial charge in [-0.3, -0.25) is 0 Å². The molecule has 0 fully saturated rings. The van der Waals surface area contributed by atoms with Crippen LogP contribution in [0.1, 0.15) is 5.82 Å². The molecule has 5 aromatic rings. The van der Waals surface area contributed by atoms with Crippen LogP contribution in [-0.4, -0.2) is 30.2 Å². The van der Waals surface area contributed by atoms with Crippen LogP contribution in [-0.2, 0) is 5.75 Å². The summed E-state index contributed by atoms with van der Waals surface area (Å²) in [7, 11) is 0. The molecule has 0 aliphatic heterocycles. The first-order valence-corrected chi connectivity index (χ1v) is 10.1. The van der Waals surface area contributed by atoms with Crippen LogP contribution in [0.15, 0.2) is 90.0 Å². The Labute approximate surface area is 171 Å². The number of tetrazole rings is 1. The number of benzene rings is 3. The van der Waals surface area contributed by atoms with Crippen molar-refractivity contribution in [2.75, 3.05) is 0 Å². The summed E-state index contributed by atoms with van der Waals surface area (Å²) in [6.45, 7) is 0. The third-order valence-electron chi connectivity index (χ3n) is 4.47. The molecule has 0 amide bonds. The van der Waals surface area contributed by atoms with Gasteiger partial charge in [0.1, 0.15) is 5.03 Å². The Bertz CT molecular complexity index is 1250. The first-order valence-electron chi connectivity index (χ1n) is 9.16. The molecule has 5 rings (SSSR count). The summed E-state index contributed by atoms with van der Waals surface area (Å²) in [6, 6.07) is 28.0. The minimum absolute atomic E-state index is 0.594. The lowest BCUT2D eigenvalue weighted by molar-refractivity contribution is 0.777. The molecule has 0 unspecified atom stereocenters. The van der Waals surface area contributed by atoms with Gasteiger partial charge in [-0.15, -0.1) is 5.10 Å². The van der Waals surface area contributed by atoms with Crippen LogP contribution in [0.3, 0.4) is 0 Å². The molecule has 0 N–H and O–H groups in total. The highest BCUT2D eigenvalue weighted by Crippen LogP contribution is 2.30. The maximum Gasteiger partial charge on any atom is 0.166 e. The molecule has 0 aliphatic carbocycles. The van der Waals surface area contributed by atoms with E-state index in [0.29, 0.717) is 5.75 Å². The van der Waals surface area contributed by atoms with Gasteiger partial charge in [0.2, 0.25) is 0 Å². The zero-order chi connectivity index (χ0) is 19.5. The van der Waals surface area contributed by atoms with Crippen LogP contribution in [0.25, 0.3) is 28.0 Å². The lowest BCUT2D eigenvalue weighted by atomic mass is 10.2. The average Bonchev–Trinajstić information content (AvgIpc) is 3.27. The Morgan fingerprint density at radius 2 is 1.48 bits per heavy atom. The van der Waals surface area contributed by atoms with Crippen molar-refractivity contribution in [1.29, 1.82) is 0 Å². The van der Waals surface area contributed by atoms with Crippen LogP contribution in [0.2, 0.25) is 0 Å². The van der Waals surface area contributed by atoms with Gasteiger partial charge in [-0.1, -0.05) is 78.5 Å². The van der Waals surface area contributed by atoms with Crippen LogP contribution < -0.4 is 0 Å². The van der Waals surface area contributed by atoms with E-state index in [1.54, 1.807) is 16.4 Å². The highest BCUT2D eigenvalue weighted by molar-refractivity contribution is 7.98. The van der Waals surface area contributed by atoms with E-state index < -0.39 is 0 Å². The third kappa shape index (κ3) is 3.60. The highest BCUT2D eigenvalue weighted by atomic mass is 32.2. The van der Waals surface area contributed by atoms with E-state index in [1.807, 2.05) is 84.9 Å². The van der Waals surface area contributed by atoms with Gasteiger partial charge in [0, 0.05) is 10.9 Å². The number of hydrogen-bond acceptors (Lipinski definition) is 6. The summed E-state index contributed by atoms with van der Waals surface area (Å²) in [6.07, 6.45) is 0. The fourth-order valence-electron chi connectivity index (χ4n) is 3.07. The second kappa shape index (κ2) is 7.81. The smallest absolute Gasteiger partial charge is 0.166 e. The van der Waals surface area contributed by atoms with Gasteiger partial charge in [0.25, 0.3) is 0 Å². The van der Waals surface area contributed by atoms with Gasteiger partial charge in [0.15, 0.2) is 11.6 Å². The fourth-order valence-corrected chi connectivity index (χ4v) is 4.00. The number of nitrogens with zero attached hydrogens (tertiary/aromatic N) is 6. The van der Waals surface area contributed by atoms with Crippen LogP contribution in [0, 0.1) is 0 Å². The predicted octanol–water partition coefficient (Wildman–Crippen LogP) is 4.56. The summed E-state index contributed by atoms with van der Waals surface area (Å²) in [4.78, 5) is 9.59. The van der Waals surface area contributed by atoms with Crippen LogP contribution >= 0.6 is 11.8 Å². The molecule has 2 aromatic heterocycles. The van der Waals surface area contributed by atoms with E-state index in [0.717, 1.165) is 38.8 Å². The fraction of sp³-hybridized carbons (Fsp3) is 0.0455. The topological polar surface area (TPSA) is 69.4 Å². The molecule has 0 saturated heterocycles. The molecule has 3 aromatic carbocycles. The van der Waals surface area contributed by atoms with Crippen molar-refractivity contribution in [3.8, 4) is 17.1 Å². The zero-order valence-corrected chi connectivity index (χ0v) is 16.2. The van der Waals surface area contributed by atoms with E-state index in [1.165, 1.54) is 0 Å². The molecule has 0 radical (unpaired) electrons.